The zero-order chi connectivity index (χ0) is 22.1. The molecule has 0 aliphatic carbocycles. The Kier molecular flexibility index (Phi) is 5.38. The zero-order valence-corrected chi connectivity index (χ0v) is 17.9. The second-order valence-electron chi connectivity index (χ2n) is 7.18. The van der Waals surface area contributed by atoms with Crippen LogP contribution in [0.3, 0.4) is 0 Å². The number of aryl methyl sites for hydroxylation is 1. The Morgan fingerprint density at radius 1 is 0.871 bits per heavy atom. The van der Waals surface area contributed by atoms with Crippen LogP contribution in [-0.4, -0.2) is 37.0 Å². The molecule has 2 heterocycles. The number of esters is 1. The molecule has 0 spiro atoms. The van der Waals surface area contributed by atoms with Gasteiger partial charge >= 0.3 is 5.97 Å². The van der Waals surface area contributed by atoms with Crippen molar-refractivity contribution in [1.29, 1.82) is 0 Å². The van der Waals surface area contributed by atoms with Gasteiger partial charge in [-0.05, 0) is 61.7 Å². The van der Waals surface area contributed by atoms with Crippen molar-refractivity contribution < 1.29 is 23.8 Å². The van der Waals surface area contributed by atoms with Gasteiger partial charge in [-0.1, -0.05) is 17.7 Å². The Morgan fingerprint density at radius 3 is 2.32 bits per heavy atom. The van der Waals surface area contributed by atoms with Crippen molar-refractivity contribution in [3.63, 3.8) is 0 Å². The van der Waals surface area contributed by atoms with Crippen LogP contribution in [0, 0.1) is 6.92 Å². The van der Waals surface area contributed by atoms with Crippen molar-refractivity contribution in [2.24, 2.45) is 0 Å². The Balaban J connectivity index is 1.98. The number of methoxy groups -OCH3 is 2. The minimum absolute atomic E-state index is 0.237. The minimum Gasteiger partial charge on any atom is -0.493 e. The Morgan fingerprint density at radius 2 is 1.61 bits per heavy atom. The topological polar surface area (TPSA) is 66.2 Å². The average molecular weight is 417 g/mol. The first-order chi connectivity index (χ1) is 15.0. The van der Waals surface area contributed by atoms with E-state index in [2.05, 4.69) is 0 Å². The van der Waals surface area contributed by atoms with Crippen LogP contribution in [0.25, 0.3) is 16.4 Å². The third-order valence-corrected chi connectivity index (χ3v) is 5.26. The van der Waals surface area contributed by atoms with E-state index in [9.17, 15) is 9.59 Å². The van der Waals surface area contributed by atoms with Gasteiger partial charge in [0.2, 0.25) is 5.78 Å². The highest BCUT2D eigenvalue weighted by atomic mass is 16.5. The van der Waals surface area contributed by atoms with Gasteiger partial charge in [-0.25, -0.2) is 4.79 Å². The number of fused-ring (bicyclic) bond motifs is 3. The summed E-state index contributed by atoms with van der Waals surface area (Å²) in [6.07, 6.45) is 0. The van der Waals surface area contributed by atoms with Gasteiger partial charge in [0.25, 0.3) is 0 Å². The van der Waals surface area contributed by atoms with E-state index >= 15 is 0 Å². The van der Waals surface area contributed by atoms with Gasteiger partial charge in [-0.2, -0.15) is 0 Å². The molecule has 0 bridgehead atoms. The molecule has 0 radical (unpaired) electrons. The van der Waals surface area contributed by atoms with Gasteiger partial charge < -0.3 is 18.6 Å². The zero-order valence-electron chi connectivity index (χ0n) is 17.9. The third-order valence-electron chi connectivity index (χ3n) is 5.26. The van der Waals surface area contributed by atoms with Crippen molar-refractivity contribution in [2.75, 3.05) is 20.8 Å². The molecule has 0 amide bonds. The highest BCUT2D eigenvalue weighted by Crippen LogP contribution is 2.31. The number of rotatable bonds is 6. The van der Waals surface area contributed by atoms with E-state index in [1.165, 1.54) is 7.11 Å². The molecule has 4 rings (SSSR count). The number of ether oxygens (including phenoxy) is 3. The summed E-state index contributed by atoms with van der Waals surface area (Å²) < 4.78 is 17.7. The van der Waals surface area contributed by atoms with E-state index in [-0.39, 0.29) is 12.4 Å². The summed E-state index contributed by atoms with van der Waals surface area (Å²) in [6.45, 7) is 4.02. The summed E-state index contributed by atoms with van der Waals surface area (Å²) in [5.74, 6) is 0.296. The summed E-state index contributed by atoms with van der Waals surface area (Å²) in [5.41, 5.74) is 3.72. The molecule has 0 fully saturated rings. The van der Waals surface area contributed by atoms with Gasteiger partial charge in [0.15, 0.2) is 11.5 Å². The van der Waals surface area contributed by atoms with Crippen LogP contribution in [-0.2, 0) is 4.74 Å². The average Bonchev–Trinajstić information content (AvgIpc) is 3.18. The van der Waals surface area contributed by atoms with E-state index in [0.717, 1.165) is 16.5 Å². The van der Waals surface area contributed by atoms with Crippen molar-refractivity contribution in [3.05, 3.63) is 77.0 Å². The Bertz CT molecular complexity index is 1320. The molecule has 0 N–H and O–H groups in total. The maximum Gasteiger partial charge on any atom is 0.340 e. The molecule has 2 aromatic carbocycles. The van der Waals surface area contributed by atoms with Crippen LogP contribution in [0.4, 0.5) is 0 Å². The summed E-state index contributed by atoms with van der Waals surface area (Å²) in [6, 6.07) is 16.4. The second-order valence-corrected chi connectivity index (χ2v) is 7.18. The maximum atomic E-state index is 13.6. The van der Waals surface area contributed by atoms with Gasteiger partial charge in [0, 0.05) is 5.56 Å². The number of nitrogens with zero attached hydrogens (tertiary/aromatic N) is 1. The van der Waals surface area contributed by atoms with Crippen LogP contribution >= 0.6 is 0 Å². The van der Waals surface area contributed by atoms with Crippen molar-refractivity contribution >= 4 is 28.2 Å². The summed E-state index contributed by atoms with van der Waals surface area (Å²) in [4.78, 5) is 26.2. The molecule has 6 nitrogen and oxygen atoms in total. The lowest BCUT2D eigenvalue weighted by molar-refractivity contribution is 0.0529. The highest BCUT2D eigenvalue weighted by molar-refractivity contribution is 6.12. The fourth-order valence-corrected chi connectivity index (χ4v) is 3.79. The Labute approximate surface area is 180 Å². The molecular weight excluding hydrogens is 394 g/mol. The van der Waals surface area contributed by atoms with Crippen LogP contribution in [0.5, 0.6) is 11.5 Å². The molecule has 158 valence electrons. The molecule has 0 unspecified atom stereocenters. The number of hydrogen-bond acceptors (Lipinski definition) is 5. The summed E-state index contributed by atoms with van der Waals surface area (Å²) >= 11 is 0. The first-order valence-corrected chi connectivity index (χ1v) is 9.97. The minimum atomic E-state index is -0.460. The largest absolute Gasteiger partial charge is 0.493 e. The number of hydrogen-bond donors (Lipinski definition) is 0. The normalized spacial score (nSPS) is 11.0. The van der Waals surface area contributed by atoms with E-state index in [1.807, 2.05) is 41.7 Å². The predicted octanol–water partition coefficient (Wildman–Crippen LogP) is 4.83. The van der Waals surface area contributed by atoms with E-state index in [0.29, 0.717) is 33.8 Å². The lowest BCUT2D eigenvalue weighted by Crippen LogP contribution is -2.06. The van der Waals surface area contributed by atoms with Crippen LogP contribution < -0.4 is 9.47 Å². The first-order valence-electron chi connectivity index (χ1n) is 9.97. The van der Waals surface area contributed by atoms with Gasteiger partial charge in [0.05, 0.1) is 43.1 Å². The van der Waals surface area contributed by atoms with Gasteiger partial charge in [0.1, 0.15) is 0 Å². The fourth-order valence-electron chi connectivity index (χ4n) is 3.79. The molecule has 6 heteroatoms. The third kappa shape index (κ3) is 3.50. The number of pyridine rings is 1. The monoisotopic (exact) mass is 417 g/mol. The number of carbonyl (C=O) groups excluding carboxylic acids is 2. The predicted molar refractivity (Wildman–Crippen MR) is 119 cm³/mol. The molecule has 0 saturated carbocycles. The lowest BCUT2D eigenvalue weighted by atomic mass is 10.1. The maximum absolute atomic E-state index is 13.6. The molecule has 0 aliphatic rings. The van der Waals surface area contributed by atoms with Crippen LogP contribution in [0.15, 0.2) is 54.6 Å². The first kappa shape index (κ1) is 20.5. The van der Waals surface area contributed by atoms with Crippen LogP contribution in [0.2, 0.25) is 0 Å². The highest BCUT2D eigenvalue weighted by Gasteiger charge is 2.23. The van der Waals surface area contributed by atoms with Crippen LogP contribution in [0.1, 0.15) is 38.9 Å². The molecule has 31 heavy (non-hydrogen) atoms. The van der Waals surface area contributed by atoms with E-state index < -0.39 is 5.97 Å². The standard InChI is InChI=1S/C25H23NO5/c1-5-31-25(28)18-14-21(24(27)17-8-11-22(29-3)23(13-17)30-4)26-19-9-6-15(2)12-16(19)7-10-20(18)26/h6-14H,5H2,1-4H3. The number of ketones is 1. The summed E-state index contributed by atoms with van der Waals surface area (Å²) in [5, 5.41) is 0.972. The van der Waals surface area contributed by atoms with Gasteiger partial charge in [-0.15, -0.1) is 0 Å². The van der Waals surface area contributed by atoms with Crippen molar-refractivity contribution in [2.45, 2.75) is 13.8 Å². The van der Waals surface area contributed by atoms with E-state index in [4.69, 9.17) is 14.2 Å². The molecule has 0 saturated heterocycles. The smallest absolute Gasteiger partial charge is 0.340 e. The van der Waals surface area contributed by atoms with Gasteiger partial charge in [-0.3, -0.25) is 4.79 Å². The lowest BCUT2D eigenvalue weighted by Gasteiger charge is -2.10. The summed E-state index contributed by atoms with van der Waals surface area (Å²) in [7, 11) is 3.06. The fraction of sp³-hybridized carbons (Fsp3) is 0.200. The number of aromatic nitrogens is 1. The number of carbonyl (C=O) groups is 2. The second kappa shape index (κ2) is 8.14. The SMILES string of the molecule is CCOC(=O)c1cc(C(=O)c2ccc(OC)c(OC)c2)n2c1ccc1cc(C)ccc12. The Hall–Kier alpha value is -3.80. The van der Waals surface area contributed by atoms with E-state index in [1.54, 1.807) is 38.3 Å². The molecule has 0 aliphatic heterocycles. The number of benzene rings is 2. The quantitative estimate of drug-likeness (QED) is 0.332. The van der Waals surface area contributed by atoms with Crippen molar-refractivity contribution in [3.8, 4) is 11.5 Å². The van der Waals surface area contributed by atoms with Crippen molar-refractivity contribution in [1.82, 2.24) is 4.40 Å². The molecule has 4 aromatic rings. The molecule has 0 atom stereocenters. The molecule has 2 aromatic heterocycles. The molecular formula is C25H23NO5.